The summed E-state index contributed by atoms with van der Waals surface area (Å²) in [6.45, 7) is 0. The Bertz CT molecular complexity index is 4110. The number of thiophene rings is 1. The van der Waals surface area contributed by atoms with Gasteiger partial charge in [0.15, 0.2) is 0 Å². The van der Waals surface area contributed by atoms with Gasteiger partial charge in [0.2, 0.25) is 5.95 Å². The van der Waals surface area contributed by atoms with Crippen LogP contribution in [-0.2, 0) is 5.41 Å². The smallest absolute Gasteiger partial charge is 0.235 e. The van der Waals surface area contributed by atoms with E-state index in [1.165, 1.54) is 97.0 Å². The molecule has 0 bridgehead atoms. The summed E-state index contributed by atoms with van der Waals surface area (Å²) in [4.78, 5) is 11.5. The molecule has 3 aromatic heterocycles. The molecule has 0 N–H and O–H groups in total. The number of rotatable bonds is 2. The van der Waals surface area contributed by atoms with Gasteiger partial charge in [0, 0.05) is 42.8 Å². The molecular weight excluding hydrogens is 783 g/mol. The zero-order valence-electron chi connectivity index (χ0n) is 33.8. The highest BCUT2D eigenvalue weighted by Gasteiger charge is 2.52. The van der Waals surface area contributed by atoms with Gasteiger partial charge in [-0.15, -0.1) is 11.3 Å². The first-order chi connectivity index (χ1) is 31.3. The van der Waals surface area contributed by atoms with Crippen LogP contribution in [0.4, 0.5) is 0 Å². The van der Waals surface area contributed by atoms with E-state index in [9.17, 15) is 0 Å². The SMILES string of the molecule is c1ccc(-c2nc(-n3c4ccc5ccc6ccccc6c5c4c4ccc5c(c43)-c3ccccc3C53c4ccccc4-c4ccccc43)nc3c2ccc2c4ccccc4sc23)cc1. The second-order valence-corrected chi connectivity index (χ2v) is 18.2. The highest BCUT2D eigenvalue weighted by Crippen LogP contribution is 2.64. The zero-order chi connectivity index (χ0) is 41.0. The highest BCUT2D eigenvalue weighted by atomic mass is 32.1. The standard InChI is InChI=1S/C59H33N3S/c1-2-15-36(16-3-1)54-44-30-29-41-40-20-9-13-25-50(40)63-57(41)55(44)61-58(60-54)62-49-33-28-35-27-26-34-14-4-5-17-37(34)51(35)53(49)43-31-32-48-52(56(43)62)42-21-8-12-24-47(42)59(48)45-22-10-6-18-38(45)39-19-7-11-23-46(39)59/h1-33H. The lowest BCUT2D eigenvalue weighted by Gasteiger charge is -2.30. The Hall–Kier alpha value is -7.92. The minimum Gasteiger partial charge on any atom is -0.277 e. The molecule has 15 rings (SSSR count). The van der Waals surface area contributed by atoms with E-state index in [4.69, 9.17) is 9.97 Å². The predicted molar refractivity (Wildman–Crippen MR) is 264 cm³/mol. The van der Waals surface area contributed by atoms with Gasteiger partial charge in [-0.25, -0.2) is 9.97 Å². The van der Waals surface area contributed by atoms with Gasteiger partial charge in [-0.05, 0) is 78.7 Å². The van der Waals surface area contributed by atoms with Crippen LogP contribution >= 0.6 is 11.3 Å². The Morgan fingerprint density at radius 2 is 1.03 bits per heavy atom. The third-order valence-electron chi connectivity index (χ3n) is 14.2. The maximum atomic E-state index is 5.77. The van der Waals surface area contributed by atoms with Crippen molar-refractivity contribution in [1.29, 1.82) is 0 Å². The predicted octanol–water partition coefficient (Wildman–Crippen LogP) is 15.4. The molecule has 0 aliphatic heterocycles. The maximum Gasteiger partial charge on any atom is 0.235 e. The van der Waals surface area contributed by atoms with E-state index in [1.807, 2.05) is 11.3 Å². The summed E-state index contributed by atoms with van der Waals surface area (Å²) in [5, 5.41) is 10.9. The molecule has 0 amide bonds. The van der Waals surface area contributed by atoms with E-state index in [1.54, 1.807) is 0 Å². The molecule has 1 spiro atoms. The van der Waals surface area contributed by atoms with Crippen LogP contribution in [0.3, 0.4) is 0 Å². The van der Waals surface area contributed by atoms with E-state index < -0.39 is 5.41 Å². The van der Waals surface area contributed by atoms with E-state index >= 15 is 0 Å². The van der Waals surface area contributed by atoms with Crippen molar-refractivity contribution in [2.75, 3.05) is 0 Å². The fourth-order valence-corrected chi connectivity index (χ4v) is 12.9. The molecule has 0 radical (unpaired) electrons. The van der Waals surface area contributed by atoms with Crippen molar-refractivity contribution in [3.8, 4) is 39.5 Å². The maximum absolute atomic E-state index is 5.77. The molecule has 13 aromatic rings. The third kappa shape index (κ3) is 4.19. The summed E-state index contributed by atoms with van der Waals surface area (Å²) in [5.74, 6) is 0.671. The van der Waals surface area contributed by atoms with Crippen molar-refractivity contribution >= 4 is 85.8 Å². The average molecular weight is 816 g/mol. The minimum atomic E-state index is -0.494. The van der Waals surface area contributed by atoms with Crippen molar-refractivity contribution in [2.45, 2.75) is 5.41 Å². The minimum absolute atomic E-state index is 0.494. The van der Waals surface area contributed by atoms with Crippen molar-refractivity contribution in [1.82, 2.24) is 14.5 Å². The molecule has 3 heterocycles. The van der Waals surface area contributed by atoms with Gasteiger partial charge in [-0.2, -0.15) is 0 Å². The summed E-state index contributed by atoms with van der Waals surface area (Å²) in [5.41, 5.74) is 15.1. The van der Waals surface area contributed by atoms with Gasteiger partial charge < -0.3 is 0 Å². The quantitative estimate of drug-likeness (QED) is 0.163. The summed E-state index contributed by atoms with van der Waals surface area (Å²) >= 11 is 1.82. The van der Waals surface area contributed by atoms with Crippen LogP contribution in [0.1, 0.15) is 22.3 Å². The van der Waals surface area contributed by atoms with Crippen LogP contribution in [0.25, 0.3) is 114 Å². The van der Waals surface area contributed by atoms with Gasteiger partial charge in [0.25, 0.3) is 0 Å². The van der Waals surface area contributed by atoms with Gasteiger partial charge in [-0.1, -0.05) is 182 Å². The third-order valence-corrected chi connectivity index (χ3v) is 15.4. The molecule has 10 aromatic carbocycles. The topological polar surface area (TPSA) is 30.7 Å². The van der Waals surface area contributed by atoms with Gasteiger partial charge in [-0.3, -0.25) is 4.57 Å². The summed E-state index contributed by atoms with van der Waals surface area (Å²) < 4.78 is 4.86. The van der Waals surface area contributed by atoms with Gasteiger partial charge in [0.05, 0.1) is 32.4 Å². The van der Waals surface area contributed by atoms with Crippen LogP contribution in [0.2, 0.25) is 0 Å². The Labute approximate surface area is 365 Å². The van der Waals surface area contributed by atoms with Crippen molar-refractivity contribution < 1.29 is 0 Å². The molecule has 0 saturated carbocycles. The first-order valence-electron chi connectivity index (χ1n) is 21.7. The summed E-state index contributed by atoms with van der Waals surface area (Å²) in [6, 6.07) is 74.0. The molecule has 0 unspecified atom stereocenters. The first-order valence-corrected chi connectivity index (χ1v) is 22.5. The van der Waals surface area contributed by atoms with Crippen LogP contribution in [0.5, 0.6) is 0 Å². The monoisotopic (exact) mass is 815 g/mol. The van der Waals surface area contributed by atoms with Gasteiger partial charge >= 0.3 is 0 Å². The molecule has 3 nitrogen and oxygen atoms in total. The van der Waals surface area contributed by atoms with Crippen LogP contribution in [-0.4, -0.2) is 14.5 Å². The van der Waals surface area contributed by atoms with Crippen molar-refractivity contribution in [3.63, 3.8) is 0 Å². The molecule has 0 fully saturated rings. The summed E-state index contributed by atoms with van der Waals surface area (Å²) in [6.07, 6.45) is 0. The van der Waals surface area contributed by atoms with Crippen LogP contribution in [0, 0.1) is 0 Å². The van der Waals surface area contributed by atoms with Crippen LogP contribution < -0.4 is 0 Å². The molecule has 4 heteroatoms. The lowest BCUT2D eigenvalue weighted by molar-refractivity contribution is 0.794. The summed E-state index contributed by atoms with van der Waals surface area (Å²) in [7, 11) is 0. The van der Waals surface area contributed by atoms with Crippen molar-refractivity contribution in [2.24, 2.45) is 0 Å². The largest absolute Gasteiger partial charge is 0.277 e. The molecule has 290 valence electrons. The van der Waals surface area contributed by atoms with E-state index in [-0.39, 0.29) is 0 Å². The number of nitrogens with zero attached hydrogens (tertiary/aromatic N) is 3. The number of aromatic nitrogens is 3. The Morgan fingerprint density at radius 3 is 1.84 bits per heavy atom. The number of hydrogen-bond acceptors (Lipinski definition) is 3. The fraction of sp³-hybridized carbons (Fsp3) is 0.0169. The second kappa shape index (κ2) is 12.1. The van der Waals surface area contributed by atoms with Crippen LogP contribution in [0.15, 0.2) is 200 Å². The number of fused-ring (bicyclic) bond motifs is 23. The Kier molecular flexibility index (Phi) is 6.50. The average Bonchev–Trinajstić information content (AvgIpc) is 4.08. The zero-order valence-corrected chi connectivity index (χ0v) is 34.6. The molecule has 63 heavy (non-hydrogen) atoms. The first kappa shape index (κ1) is 33.8. The Morgan fingerprint density at radius 1 is 0.413 bits per heavy atom. The highest BCUT2D eigenvalue weighted by molar-refractivity contribution is 7.26. The number of benzene rings is 10. The molecule has 0 atom stereocenters. The molecule has 2 aliphatic rings. The molecule has 2 aliphatic carbocycles. The van der Waals surface area contributed by atoms with Gasteiger partial charge in [0.1, 0.15) is 0 Å². The van der Waals surface area contributed by atoms with E-state index in [0.717, 1.165) is 33.2 Å². The lowest BCUT2D eigenvalue weighted by atomic mass is 9.70. The normalized spacial score (nSPS) is 13.5. The second-order valence-electron chi connectivity index (χ2n) is 17.1. The van der Waals surface area contributed by atoms with E-state index in [0.29, 0.717) is 5.95 Å². The fourth-order valence-electron chi connectivity index (χ4n) is 11.8. The Balaban J connectivity index is 1.18. The molecule has 0 saturated heterocycles. The lowest BCUT2D eigenvalue weighted by Crippen LogP contribution is -2.25. The molecular formula is C59H33N3S. The van der Waals surface area contributed by atoms with Crippen molar-refractivity contribution in [3.05, 3.63) is 222 Å². The van der Waals surface area contributed by atoms with E-state index in [2.05, 4.69) is 205 Å². The number of hydrogen-bond donors (Lipinski definition) is 0.